The fraction of sp³-hybridized carbons (Fsp3) is 0.972. The molecule has 0 aromatic carbocycles. The summed E-state index contributed by atoms with van der Waals surface area (Å²) in [5, 5.41) is 0. The topological polar surface area (TPSA) is 51.4 Å². The first-order chi connectivity index (χ1) is 19.7. The molecule has 0 aliphatic carbocycles. The molecule has 4 nitrogen and oxygen atoms in total. The number of unbranched alkanes of at least 4 members (excludes halogenated alkanes) is 28. The standard InChI is InChI=1S/C36H70O4.Ba.Pb.Ti.4H/c1-3-5-7-9-11-13-15-17-19-21-23-25-27-29-31-33-35(37)38-36(39-40-36)34-32-30-28-26-24-22-20-18-16-14-12-10-8-6-4-2;;;;;;;/h3-34H2,1-2H3;;;;;;;. The second-order valence-electron chi connectivity index (χ2n) is 12.7. The van der Waals surface area contributed by atoms with Crippen LogP contribution in [-0.2, 0) is 41.0 Å². The van der Waals surface area contributed by atoms with E-state index >= 15 is 0 Å². The molecule has 0 spiro atoms. The summed E-state index contributed by atoms with van der Waals surface area (Å²) in [6, 6.07) is 0. The van der Waals surface area contributed by atoms with Gasteiger partial charge >= 0.3 is 88.1 Å². The van der Waals surface area contributed by atoms with Crippen molar-refractivity contribution in [2.45, 2.75) is 225 Å². The molecule has 1 rings (SSSR count). The van der Waals surface area contributed by atoms with Crippen molar-refractivity contribution in [3.63, 3.8) is 0 Å². The Morgan fingerprint density at radius 1 is 0.465 bits per heavy atom. The molecule has 0 unspecified atom stereocenters. The second-order valence-corrected chi connectivity index (χ2v) is 12.7. The average molecular weight is 963 g/mol. The molecule has 0 atom stereocenters. The van der Waals surface area contributed by atoms with E-state index in [1.165, 1.54) is 167 Å². The van der Waals surface area contributed by atoms with Crippen LogP contribution in [0, 0.1) is 0 Å². The second kappa shape index (κ2) is 39.0. The third-order valence-corrected chi connectivity index (χ3v) is 8.61. The Morgan fingerprint density at radius 3 is 1.00 bits per heavy atom. The van der Waals surface area contributed by atoms with Crippen molar-refractivity contribution in [2.75, 3.05) is 0 Å². The maximum atomic E-state index is 12.2. The molecule has 1 fully saturated rings. The molecule has 43 heavy (non-hydrogen) atoms. The molecule has 0 aromatic heterocycles. The van der Waals surface area contributed by atoms with Crippen LogP contribution in [0.5, 0.6) is 0 Å². The van der Waals surface area contributed by atoms with E-state index in [4.69, 9.17) is 14.5 Å². The van der Waals surface area contributed by atoms with E-state index < -0.39 is 5.97 Å². The molecular formula is C36H74BaO4PbTi. The molecule has 0 bridgehead atoms. The summed E-state index contributed by atoms with van der Waals surface area (Å²) in [5.41, 5.74) is 0. The van der Waals surface area contributed by atoms with Gasteiger partial charge in [-0.1, -0.05) is 194 Å². The molecule has 1 aliphatic rings. The Bertz CT molecular complexity index is 551. The van der Waals surface area contributed by atoms with E-state index in [0.29, 0.717) is 12.8 Å². The van der Waals surface area contributed by atoms with Crippen LogP contribution in [0.25, 0.3) is 0 Å². The summed E-state index contributed by atoms with van der Waals surface area (Å²) < 4.78 is 5.50. The van der Waals surface area contributed by atoms with Gasteiger partial charge in [-0.3, -0.25) is 4.79 Å². The Morgan fingerprint density at radius 2 is 0.721 bits per heavy atom. The van der Waals surface area contributed by atoms with Crippen LogP contribution in [0.2, 0.25) is 0 Å². The molecule has 252 valence electrons. The number of esters is 1. The third-order valence-electron chi connectivity index (χ3n) is 8.61. The number of hydrogen-bond donors (Lipinski definition) is 0. The molecular weight excluding hydrogens is 889 g/mol. The molecule has 0 aromatic rings. The predicted octanol–water partition coefficient (Wildman–Crippen LogP) is 10.8. The van der Waals surface area contributed by atoms with Gasteiger partial charge in [0.25, 0.3) is 0 Å². The normalized spacial score (nSPS) is 13.1. The van der Waals surface area contributed by atoms with E-state index in [0.717, 1.165) is 25.7 Å². The van der Waals surface area contributed by atoms with Crippen molar-refractivity contribution in [3.05, 3.63) is 0 Å². The van der Waals surface area contributed by atoms with E-state index in [9.17, 15) is 4.79 Å². The van der Waals surface area contributed by atoms with Crippen LogP contribution in [0.1, 0.15) is 219 Å². The maximum Gasteiger partial charge on any atom is 0 e. The van der Waals surface area contributed by atoms with Gasteiger partial charge in [0.1, 0.15) is 0 Å². The molecule has 1 saturated heterocycles. The van der Waals surface area contributed by atoms with Crippen molar-refractivity contribution in [2.24, 2.45) is 0 Å². The number of ether oxygens (including phenoxy) is 1. The monoisotopic (exact) mass is 964 g/mol. The zero-order valence-electron chi connectivity index (χ0n) is 28.5. The Kier molecular flexibility index (Phi) is 45.4. The molecule has 0 N–H and O–H groups in total. The van der Waals surface area contributed by atoms with Crippen LogP contribution >= 0.6 is 0 Å². The summed E-state index contributed by atoms with van der Waals surface area (Å²) in [6.45, 7) is 4.57. The van der Waals surface area contributed by atoms with Gasteiger partial charge in [-0.2, -0.15) is 9.78 Å². The van der Waals surface area contributed by atoms with Gasteiger partial charge in [0.15, 0.2) is 0 Å². The summed E-state index contributed by atoms with van der Waals surface area (Å²) >= 11 is 0. The smallest absolute Gasteiger partial charge is 0 e. The molecule has 1 heterocycles. The molecule has 0 amide bonds. The van der Waals surface area contributed by atoms with E-state index in [1.807, 2.05) is 0 Å². The van der Waals surface area contributed by atoms with E-state index in [1.54, 1.807) is 0 Å². The first-order valence-corrected chi connectivity index (χ1v) is 18.3. The summed E-state index contributed by atoms with van der Waals surface area (Å²) in [6.07, 6.45) is 41.2. The third kappa shape index (κ3) is 35.7. The number of rotatable bonds is 33. The largest absolute Gasteiger partial charge is 0 e. The van der Waals surface area contributed by atoms with Crippen molar-refractivity contribution in [1.82, 2.24) is 0 Å². The average Bonchev–Trinajstić information content (AvgIpc) is 3.72. The number of hydrogen-bond acceptors (Lipinski definition) is 4. The summed E-state index contributed by atoms with van der Waals surface area (Å²) in [7, 11) is 0. The molecule has 2 radical (unpaired) electrons. The van der Waals surface area contributed by atoms with Gasteiger partial charge in [0, 0.05) is 34.6 Å². The minimum Gasteiger partial charge on any atom is 0 e. The number of carbonyl (C=O) groups is 1. The van der Waals surface area contributed by atoms with E-state index in [2.05, 4.69) is 13.8 Å². The fourth-order valence-electron chi connectivity index (χ4n) is 5.79. The molecule has 7 heteroatoms. The van der Waals surface area contributed by atoms with Gasteiger partial charge in [-0.05, 0) is 12.8 Å². The minimum absolute atomic E-state index is 0. The SMILES string of the molecule is CCCCCCCCCCCCCCCCCC(=O)OC1(CCCCCCCCCCCCCCCCC)OO1.[BaH2].[PbH2].[Ti]. The van der Waals surface area contributed by atoms with Crippen molar-refractivity contribution in [1.29, 1.82) is 0 Å². The van der Waals surface area contributed by atoms with Gasteiger partial charge in [-0.25, -0.2) is 0 Å². The molecule has 0 saturated carbocycles. The van der Waals surface area contributed by atoms with Crippen LogP contribution in [0.4, 0.5) is 0 Å². The van der Waals surface area contributed by atoms with Gasteiger partial charge < -0.3 is 4.74 Å². The van der Waals surface area contributed by atoms with Crippen molar-refractivity contribution < 1.29 is 41.0 Å². The quantitative estimate of drug-likeness (QED) is 0.0216. The van der Waals surface area contributed by atoms with Gasteiger partial charge in [0.05, 0.1) is 0 Å². The Balaban J connectivity index is -0.00000533. The van der Waals surface area contributed by atoms with Crippen LogP contribution < -0.4 is 0 Å². The zero-order chi connectivity index (χ0) is 28.8. The summed E-state index contributed by atoms with van der Waals surface area (Å²) in [4.78, 5) is 22.4. The Labute approximate surface area is 344 Å². The maximum absolute atomic E-state index is 12.2. The van der Waals surface area contributed by atoms with Crippen molar-refractivity contribution >= 4 is 82.1 Å². The van der Waals surface area contributed by atoms with Crippen LogP contribution in [-0.4, -0.2) is 88.1 Å². The minimum atomic E-state index is -1.05. The first-order valence-electron chi connectivity index (χ1n) is 18.3. The van der Waals surface area contributed by atoms with E-state index in [-0.39, 0.29) is 104 Å². The predicted molar refractivity (Wildman–Crippen MR) is 187 cm³/mol. The summed E-state index contributed by atoms with van der Waals surface area (Å²) in [5.74, 6) is -1.23. The number of carbonyl (C=O) groups excluding carboxylic acids is 1. The van der Waals surface area contributed by atoms with Crippen LogP contribution in [0.3, 0.4) is 0 Å². The van der Waals surface area contributed by atoms with Gasteiger partial charge in [-0.15, -0.1) is 0 Å². The van der Waals surface area contributed by atoms with Crippen LogP contribution in [0.15, 0.2) is 0 Å². The fourth-order valence-corrected chi connectivity index (χ4v) is 5.79. The zero-order valence-corrected chi connectivity index (χ0v) is 35.5. The Hall–Kier alpha value is 2.60. The molecule has 1 aliphatic heterocycles. The van der Waals surface area contributed by atoms with Crippen molar-refractivity contribution in [3.8, 4) is 0 Å². The van der Waals surface area contributed by atoms with Gasteiger partial charge in [0.2, 0.25) is 0 Å². The first kappa shape index (κ1) is 50.0.